The number of aryl methyl sites for hydroxylation is 1. The Bertz CT molecular complexity index is 1410. The molecule has 1 aliphatic rings. The van der Waals surface area contributed by atoms with E-state index in [2.05, 4.69) is 5.10 Å². The van der Waals surface area contributed by atoms with Crippen molar-refractivity contribution in [1.29, 1.82) is 0 Å². The molecule has 0 N–H and O–H groups in total. The topological polar surface area (TPSA) is 55.2 Å². The van der Waals surface area contributed by atoms with E-state index in [0.29, 0.717) is 34.0 Å². The summed E-state index contributed by atoms with van der Waals surface area (Å²) in [6, 6.07) is 15.2. The number of carbonyl (C=O) groups excluding carboxylic acids is 2. The van der Waals surface area contributed by atoms with Crippen molar-refractivity contribution >= 4 is 44.8 Å². The van der Waals surface area contributed by atoms with Crippen molar-refractivity contribution in [1.82, 2.24) is 14.7 Å². The Hall–Kier alpha value is -3.03. The average Bonchev–Trinajstić information content (AvgIpc) is 3.40. The number of rotatable bonds is 4. The second-order valence-electron chi connectivity index (χ2n) is 8.64. The smallest absolute Gasteiger partial charge is 0.264 e. The molecular weight excluding hydrogens is 473 g/mol. The van der Waals surface area contributed by atoms with Crippen molar-refractivity contribution in [2.24, 2.45) is 0 Å². The molecule has 0 aliphatic heterocycles. The van der Waals surface area contributed by atoms with Crippen molar-refractivity contribution in [2.45, 2.75) is 38.1 Å². The Kier molecular flexibility index (Phi) is 5.78. The highest BCUT2D eigenvalue weighted by atomic mass is 35.5. The molecule has 34 heavy (non-hydrogen) atoms. The Labute approximate surface area is 205 Å². The van der Waals surface area contributed by atoms with E-state index in [0.717, 1.165) is 28.8 Å². The summed E-state index contributed by atoms with van der Waals surface area (Å²) in [5.41, 5.74) is 1.06. The molecule has 5 nitrogen and oxygen atoms in total. The first-order valence-corrected chi connectivity index (χ1v) is 12.3. The zero-order chi connectivity index (χ0) is 24.0. The summed E-state index contributed by atoms with van der Waals surface area (Å²) < 4.78 is 15.1. The van der Waals surface area contributed by atoms with Crippen LogP contribution in [0.1, 0.15) is 46.6 Å². The molecule has 0 bridgehead atoms. The molecule has 0 unspecified atom stereocenters. The zero-order valence-corrected chi connectivity index (χ0v) is 20.4. The molecule has 1 fully saturated rings. The van der Waals surface area contributed by atoms with Gasteiger partial charge >= 0.3 is 0 Å². The predicted molar refractivity (Wildman–Crippen MR) is 132 cm³/mol. The van der Waals surface area contributed by atoms with Gasteiger partial charge in [0.25, 0.3) is 5.91 Å². The van der Waals surface area contributed by atoms with Gasteiger partial charge in [0.1, 0.15) is 16.2 Å². The van der Waals surface area contributed by atoms with E-state index in [-0.39, 0.29) is 17.5 Å². The second kappa shape index (κ2) is 8.64. The van der Waals surface area contributed by atoms with Gasteiger partial charge in [-0.2, -0.15) is 5.10 Å². The molecular formula is C26H23ClFN3O2S. The number of aromatic nitrogens is 2. The third-order valence-electron chi connectivity index (χ3n) is 6.68. The van der Waals surface area contributed by atoms with Crippen LogP contribution in [0, 0.1) is 12.7 Å². The lowest BCUT2D eigenvalue weighted by atomic mass is 9.74. The van der Waals surface area contributed by atoms with Crippen LogP contribution in [0.15, 0.2) is 54.6 Å². The monoisotopic (exact) mass is 495 g/mol. The van der Waals surface area contributed by atoms with Gasteiger partial charge in [0.2, 0.25) is 0 Å². The molecule has 1 saturated carbocycles. The summed E-state index contributed by atoms with van der Waals surface area (Å²) in [5, 5.41) is 5.92. The largest absolute Gasteiger partial charge is 0.324 e. The summed E-state index contributed by atoms with van der Waals surface area (Å²) in [6.07, 6.45) is 2.58. The summed E-state index contributed by atoms with van der Waals surface area (Å²) in [6.45, 7) is 1.88. The number of amides is 1. The average molecular weight is 496 g/mol. The van der Waals surface area contributed by atoms with Gasteiger partial charge in [-0.15, -0.1) is 11.3 Å². The summed E-state index contributed by atoms with van der Waals surface area (Å²) in [5.74, 6) is -0.548. The molecule has 1 amide bonds. The minimum Gasteiger partial charge on any atom is -0.324 e. The van der Waals surface area contributed by atoms with Gasteiger partial charge in [0.05, 0.1) is 16.3 Å². The van der Waals surface area contributed by atoms with Crippen LogP contribution in [0.5, 0.6) is 0 Å². The predicted octanol–water partition coefficient (Wildman–Crippen LogP) is 6.30. The minimum atomic E-state index is -1.10. The Morgan fingerprint density at radius 3 is 2.62 bits per heavy atom. The van der Waals surface area contributed by atoms with Crippen molar-refractivity contribution in [3.8, 4) is 5.69 Å². The molecule has 174 valence electrons. The number of hydrogen-bond donors (Lipinski definition) is 0. The summed E-state index contributed by atoms with van der Waals surface area (Å²) in [4.78, 5) is 30.1. The lowest BCUT2D eigenvalue weighted by molar-refractivity contribution is -0.132. The molecule has 1 aliphatic carbocycles. The first-order valence-electron chi connectivity index (χ1n) is 11.1. The fourth-order valence-corrected chi connectivity index (χ4v) is 6.33. The third-order valence-corrected chi connectivity index (χ3v) is 8.11. The summed E-state index contributed by atoms with van der Waals surface area (Å²) >= 11 is 7.86. The first-order chi connectivity index (χ1) is 16.3. The van der Waals surface area contributed by atoms with E-state index in [1.165, 1.54) is 23.5 Å². The molecule has 2 aromatic heterocycles. The van der Waals surface area contributed by atoms with Crippen LogP contribution in [0.4, 0.5) is 4.39 Å². The van der Waals surface area contributed by atoms with E-state index < -0.39 is 5.54 Å². The molecule has 8 heteroatoms. The van der Waals surface area contributed by atoms with Gasteiger partial charge in [-0.1, -0.05) is 29.8 Å². The van der Waals surface area contributed by atoms with Gasteiger partial charge in [0.15, 0.2) is 5.78 Å². The number of likely N-dealkylation sites (N-methyl/N-ethyl adjacent to an activating group) is 1. The number of Topliss-reactive ketones (excluding diaryl/α,β-unsaturated/α-hetero) is 1. The number of hydrogen-bond acceptors (Lipinski definition) is 4. The number of halogens is 2. The third kappa shape index (κ3) is 3.54. The van der Waals surface area contributed by atoms with Gasteiger partial charge in [-0.3, -0.25) is 9.59 Å². The van der Waals surface area contributed by atoms with Crippen molar-refractivity contribution in [3.63, 3.8) is 0 Å². The number of ketones is 1. The number of benzene rings is 2. The number of fused-ring (bicyclic) bond motifs is 1. The van der Waals surface area contributed by atoms with Crippen LogP contribution >= 0.6 is 22.9 Å². The minimum absolute atomic E-state index is 0.0116. The van der Waals surface area contributed by atoms with E-state index in [4.69, 9.17) is 11.6 Å². The first kappa shape index (κ1) is 22.7. The summed E-state index contributed by atoms with van der Waals surface area (Å²) in [7, 11) is 1.69. The lowest BCUT2D eigenvalue weighted by Gasteiger charge is -2.43. The van der Waals surface area contributed by atoms with Crippen LogP contribution in [0.2, 0.25) is 5.02 Å². The van der Waals surface area contributed by atoms with Gasteiger partial charge < -0.3 is 4.90 Å². The highest BCUT2D eigenvalue weighted by Gasteiger charge is 2.48. The van der Waals surface area contributed by atoms with Crippen molar-refractivity contribution in [3.05, 3.63) is 81.6 Å². The Morgan fingerprint density at radius 2 is 1.91 bits per heavy atom. The fourth-order valence-electron chi connectivity index (χ4n) is 4.88. The highest BCUT2D eigenvalue weighted by molar-refractivity contribution is 7.20. The highest BCUT2D eigenvalue weighted by Crippen LogP contribution is 2.43. The molecule has 5 rings (SSSR count). The molecule has 2 heterocycles. The lowest BCUT2D eigenvalue weighted by Crippen LogP contribution is -2.54. The van der Waals surface area contributed by atoms with Crippen LogP contribution < -0.4 is 0 Å². The maximum Gasteiger partial charge on any atom is 0.264 e. The van der Waals surface area contributed by atoms with Gasteiger partial charge in [-0.25, -0.2) is 9.07 Å². The fraction of sp³-hybridized carbons (Fsp3) is 0.269. The van der Waals surface area contributed by atoms with Crippen molar-refractivity contribution < 1.29 is 14.0 Å². The van der Waals surface area contributed by atoms with E-state index >= 15 is 0 Å². The number of nitrogens with zero attached hydrogens (tertiary/aromatic N) is 3. The van der Waals surface area contributed by atoms with Gasteiger partial charge in [-0.05, 0) is 62.6 Å². The van der Waals surface area contributed by atoms with E-state index in [1.807, 2.05) is 31.2 Å². The van der Waals surface area contributed by atoms with Crippen LogP contribution in [0.25, 0.3) is 15.9 Å². The maximum atomic E-state index is 13.8. The Morgan fingerprint density at radius 1 is 1.18 bits per heavy atom. The van der Waals surface area contributed by atoms with Crippen molar-refractivity contribution in [2.75, 3.05) is 7.05 Å². The molecule has 2 aromatic carbocycles. The van der Waals surface area contributed by atoms with Crippen LogP contribution in [-0.2, 0) is 10.3 Å². The standard InChI is InChI=1S/C26H23ClFN3O2S/c1-16-19-15-22(34-25(19)31(29-16)18-12-10-17(28)11-13-18)24(33)30(2)26(14-6-5-9-23(26)32)20-7-3-4-8-21(20)27/h3-4,7-8,10-13,15H,5-6,9,14H2,1-2H3/t26-/m1/s1. The van der Waals surface area contributed by atoms with Crippen LogP contribution in [-0.4, -0.2) is 33.4 Å². The Balaban J connectivity index is 1.59. The molecule has 0 spiro atoms. The maximum absolute atomic E-state index is 13.8. The molecule has 1 atom stereocenters. The number of carbonyl (C=O) groups is 2. The molecule has 0 saturated heterocycles. The number of thiophene rings is 1. The van der Waals surface area contributed by atoms with Gasteiger partial charge in [0, 0.05) is 29.4 Å². The second-order valence-corrected chi connectivity index (χ2v) is 10.1. The van der Waals surface area contributed by atoms with E-state index in [1.54, 1.807) is 34.8 Å². The molecule has 0 radical (unpaired) electrons. The SMILES string of the molecule is Cc1nn(-c2ccc(F)cc2)c2sc(C(=O)N(C)[C@@]3(c4ccccc4Cl)CCCCC3=O)cc12. The van der Waals surface area contributed by atoms with E-state index in [9.17, 15) is 14.0 Å². The quantitative estimate of drug-likeness (QED) is 0.334. The zero-order valence-electron chi connectivity index (χ0n) is 18.8. The normalized spacial score (nSPS) is 18.4. The molecule has 4 aromatic rings. The van der Waals surface area contributed by atoms with Crippen LogP contribution in [0.3, 0.4) is 0 Å².